The van der Waals surface area contributed by atoms with E-state index >= 15 is 0 Å². The van der Waals surface area contributed by atoms with Gasteiger partial charge in [0.2, 0.25) is 0 Å². The molecule has 1 fully saturated rings. The minimum atomic E-state index is 0.393. The van der Waals surface area contributed by atoms with Crippen LogP contribution in [0.2, 0.25) is 0 Å². The van der Waals surface area contributed by atoms with Gasteiger partial charge in [-0.05, 0) is 37.4 Å². The van der Waals surface area contributed by atoms with E-state index in [1.54, 1.807) is 0 Å². The molecule has 3 rings (SSSR count). The average molecular weight is 243 g/mol. The maximum Gasteiger partial charge on any atom is 0.134 e. The Balaban J connectivity index is 1.92. The van der Waals surface area contributed by atoms with Crippen LogP contribution in [0.3, 0.4) is 0 Å². The Morgan fingerprint density at radius 3 is 2.78 bits per heavy atom. The fraction of sp³-hybridized carbons (Fsp3) is 0.500. The molecule has 0 bridgehead atoms. The van der Waals surface area contributed by atoms with Crippen molar-refractivity contribution in [1.29, 1.82) is 0 Å². The first-order chi connectivity index (χ1) is 8.88. The largest absolute Gasteiger partial charge is 0.459 e. The predicted molar refractivity (Wildman–Crippen MR) is 74.6 cm³/mol. The van der Waals surface area contributed by atoms with Crippen molar-refractivity contribution >= 4 is 11.0 Å². The van der Waals surface area contributed by atoms with E-state index in [1.807, 2.05) is 6.07 Å². The highest BCUT2D eigenvalue weighted by Gasteiger charge is 2.28. The Hall–Kier alpha value is -1.28. The first kappa shape index (κ1) is 11.8. The van der Waals surface area contributed by atoms with Gasteiger partial charge in [-0.3, -0.25) is 0 Å². The molecule has 18 heavy (non-hydrogen) atoms. The monoisotopic (exact) mass is 243 g/mol. The summed E-state index contributed by atoms with van der Waals surface area (Å²) in [5, 5.41) is 4.82. The molecule has 96 valence electrons. The molecular weight excluding hydrogens is 222 g/mol. The van der Waals surface area contributed by atoms with Crippen molar-refractivity contribution in [3.63, 3.8) is 0 Å². The van der Waals surface area contributed by atoms with Crippen molar-refractivity contribution < 1.29 is 4.42 Å². The number of hydrogen-bond donors (Lipinski definition) is 1. The van der Waals surface area contributed by atoms with Gasteiger partial charge in [0.15, 0.2) is 0 Å². The lowest BCUT2D eigenvalue weighted by Gasteiger charge is -2.22. The third-order valence-corrected chi connectivity index (χ3v) is 4.05. The van der Waals surface area contributed by atoms with Crippen LogP contribution in [0.5, 0.6) is 0 Å². The highest BCUT2D eigenvalue weighted by Crippen LogP contribution is 2.37. The number of para-hydroxylation sites is 1. The van der Waals surface area contributed by atoms with Gasteiger partial charge < -0.3 is 9.73 Å². The molecule has 1 aliphatic rings. The number of fused-ring (bicyclic) bond motifs is 1. The Morgan fingerprint density at radius 1 is 1.28 bits per heavy atom. The molecule has 1 aromatic heterocycles. The van der Waals surface area contributed by atoms with Gasteiger partial charge in [-0.15, -0.1) is 0 Å². The molecular formula is C16H21NO. The minimum absolute atomic E-state index is 0.393. The lowest BCUT2D eigenvalue weighted by molar-refractivity contribution is 0.324. The van der Waals surface area contributed by atoms with Gasteiger partial charge in [0.05, 0.1) is 6.04 Å². The molecule has 1 aliphatic carbocycles. The number of furan rings is 1. The van der Waals surface area contributed by atoms with Crippen molar-refractivity contribution in [2.24, 2.45) is 5.92 Å². The van der Waals surface area contributed by atoms with E-state index in [1.165, 1.54) is 31.1 Å². The predicted octanol–water partition coefficient (Wildman–Crippen LogP) is 4.27. The van der Waals surface area contributed by atoms with Gasteiger partial charge in [0.1, 0.15) is 11.3 Å². The first-order valence-corrected chi connectivity index (χ1v) is 7.10. The minimum Gasteiger partial charge on any atom is -0.459 e. The molecule has 2 nitrogen and oxygen atoms in total. The molecule has 1 heterocycles. The lowest BCUT2D eigenvalue weighted by Crippen LogP contribution is -2.26. The van der Waals surface area contributed by atoms with Gasteiger partial charge in [-0.2, -0.15) is 0 Å². The summed E-state index contributed by atoms with van der Waals surface area (Å²) in [5.74, 6) is 1.86. The quantitative estimate of drug-likeness (QED) is 0.867. The van der Waals surface area contributed by atoms with Crippen LogP contribution in [0.1, 0.15) is 44.4 Å². The maximum absolute atomic E-state index is 6.03. The van der Waals surface area contributed by atoms with Crippen LogP contribution in [0, 0.1) is 5.92 Å². The zero-order valence-corrected chi connectivity index (χ0v) is 11.0. The summed E-state index contributed by atoms with van der Waals surface area (Å²) in [6.45, 7) is 3.17. The average Bonchev–Trinajstić information content (AvgIpc) is 3.04. The fourth-order valence-electron chi connectivity index (χ4n) is 3.17. The van der Waals surface area contributed by atoms with Gasteiger partial charge in [0.25, 0.3) is 0 Å². The summed E-state index contributed by atoms with van der Waals surface area (Å²) >= 11 is 0. The van der Waals surface area contributed by atoms with Crippen LogP contribution in [0.4, 0.5) is 0 Å². The lowest BCUT2D eigenvalue weighted by atomic mass is 9.96. The van der Waals surface area contributed by atoms with Crippen molar-refractivity contribution in [2.45, 2.75) is 38.6 Å². The zero-order chi connectivity index (χ0) is 12.4. The topological polar surface area (TPSA) is 25.2 Å². The second-order valence-corrected chi connectivity index (χ2v) is 5.27. The molecule has 0 amide bonds. The fourth-order valence-corrected chi connectivity index (χ4v) is 3.17. The van der Waals surface area contributed by atoms with Crippen molar-refractivity contribution in [2.75, 3.05) is 6.54 Å². The summed E-state index contributed by atoms with van der Waals surface area (Å²) < 4.78 is 6.03. The van der Waals surface area contributed by atoms with Crippen molar-refractivity contribution in [3.05, 3.63) is 36.1 Å². The SMILES string of the molecule is CCNC(c1cc2ccccc2o1)C1CCCC1. The Bertz CT molecular complexity index is 478. The zero-order valence-electron chi connectivity index (χ0n) is 11.0. The molecule has 0 saturated heterocycles. The summed E-state index contributed by atoms with van der Waals surface area (Å²) in [7, 11) is 0. The number of rotatable bonds is 4. The van der Waals surface area contributed by atoms with Crippen molar-refractivity contribution in [1.82, 2.24) is 5.32 Å². The molecule has 1 saturated carbocycles. The highest BCUT2D eigenvalue weighted by atomic mass is 16.3. The van der Waals surface area contributed by atoms with E-state index in [2.05, 4.69) is 36.5 Å². The third kappa shape index (κ3) is 2.17. The Morgan fingerprint density at radius 2 is 2.06 bits per heavy atom. The normalized spacial score (nSPS) is 18.5. The molecule has 1 atom stereocenters. The second-order valence-electron chi connectivity index (χ2n) is 5.27. The van der Waals surface area contributed by atoms with Crippen LogP contribution < -0.4 is 5.32 Å². The van der Waals surface area contributed by atoms with Crippen LogP contribution in [-0.4, -0.2) is 6.54 Å². The molecule has 0 aliphatic heterocycles. The number of hydrogen-bond acceptors (Lipinski definition) is 2. The molecule has 0 radical (unpaired) electrons. The summed E-state index contributed by atoms with van der Waals surface area (Å²) in [6.07, 6.45) is 5.39. The van der Waals surface area contributed by atoms with E-state index in [-0.39, 0.29) is 0 Å². The van der Waals surface area contributed by atoms with E-state index in [4.69, 9.17) is 4.42 Å². The van der Waals surface area contributed by atoms with Crippen LogP contribution in [0.15, 0.2) is 34.7 Å². The van der Waals surface area contributed by atoms with Crippen molar-refractivity contribution in [3.8, 4) is 0 Å². The van der Waals surface area contributed by atoms with Gasteiger partial charge in [-0.1, -0.05) is 38.0 Å². The maximum atomic E-state index is 6.03. The van der Waals surface area contributed by atoms with E-state index in [9.17, 15) is 0 Å². The van der Waals surface area contributed by atoms with E-state index < -0.39 is 0 Å². The first-order valence-electron chi connectivity index (χ1n) is 7.10. The standard InChI is InChI=1S/C16H21NO/c1-2-17-16(12-7-3-4-8-12)15-11-13-9-5-6-10-14(13)18-15/h5-6,9-12,16-17H,2-4,7-8H2,1H3. The third-order valence-electron chi connectivity index (χ3n) is 4.05. The second kappa shape index (κ2) is 5.15. The molecule has 1 aromatic carbocycles. The molecule has 2 heteroatoms. The van der Waals surface area contributed by atoms with Gasteiger partial charge in [0, 0.05) is 5.39 Å². The Labute approximate surface area is 108 Å². The van der Waals surface area contributed by atoms with Crippen LogP contribution in [0.25, 0.3) is 11.0 Å². The van der Waals surface area contributed by atoms with Gasteiger partial charge in [-0.25, -0.2) is 0 Å². The summed E-state index contributed by atoms with van der Waals surface area (Å²) in [5.41, 5.74) is 1.01. The van der Waals surface area contributed by atoms with Crippen LogP contribution in [-0.2, 0) is 0 Å². The molecule has 2 aromatic rings. The smallest absolute Gasteiger partial charge is 0.134 e. The van der Waals surface area contributed by atoms with E-state index in [0.717, 1.165) is 23.8 Å². The van der Waals surface area contributed by atoms with E-state index in [0.29, 0.717) is 6.04 Å². The molecule has 1 N–H and O–H groups in total. The van der Waals surface area contributed by atoms with Crippen LogP contribution >= 0.6 is 0 Å². The highest BCUT2D eigenvalue weighted by molar-refractivity contribution is 5.77. The van der Waals surface area contributed by atoms with Gasteiger partial charge >= 0.3 is 0 Å². The Kier molecular flexibility index (Phi) is 3.37. The summed E-state index contributed by atoms with van der Waals surface area (Å²) in [4.78, 5) is 0. The molecule has 1 unspecified atom stereocenters. The number of benzene rings is 1. The summed E-state index contributed by atoms with van der Waals surface area (Å²) in [6, 6.07) is 10.9. The molecule has 0 spiro atoms. The number of nitrogens with one attached hydrogen (secondary N) is 1.